The minimum atomic E-state index is -4.06. The summed E-state index contributed by atoms with van der Waals surface area (Å²) in [6.07, 6.45) is 34.2. The van der Waals surface area contributed by atoms with Crippen LogP contribution >= 0.6 is 7.82 Å². The Kier molecular flexibility index (Phi) is 40.9. The van der Waals surface area contributed by atoms with Crippen LogP contribution in [0.2, 0.25) is 0 Å². The summed E-state index contributed by atoms with van der Waals surface area (Å²) in [5, 5.41) is 2.99. The Hall–Kier alpha value is -1.87. The van der Waals surface area contributed by atoms with Crippen LogP contribution in [0.1, 0.15) is 207 Å². The van der Waals surface area contributed by atoms with Gasteiger partial charge in [-0.2, -0.15) is 0 Å². The van der Waals surface area contributed by atoms with Crippen molar-refractivity contribution in [1.82, 2.24) is 5.32 Å². The Morgan fingerprint density at radius 2 is 1.16 bits per heavy atom. The van der Waals surface area contributed by atoms with Crippen molar-refractivity contribution in [1.29, 1.82) is 0 Å². The highest BCUT2D eigenvalue weighted by Crippen LogP contribution is 2.49. The lowest BCUT2D eigenvalue weighted by Gasteiger charge is -2.23. The third-order valence-electron chi connectivity index (χ3n) is 9.99. The Morgan fingerprint density at radius 3 is 1.68 bits per heavy atom. The summed E-state index contributed by atoms with van der Waals surface area (Å²) in [5.41, 5.74) is 0. The normalized spacial score (nSPS) is 13.4. The van der Waals surface area contributed by atoms with Gasteiger partial charge in [0, 0.05) is 19.3 Å². The molecule has 0 aliphatic carbocycles. The molecular formula is C45H85N2O9P. The maximum absolute atomic E-state index is 13.3. The zero-order valence-electron chi connectivity index (χ0n) is 36.8. The van der Waals surface area contributed by atoms with Gasteiger partial charge in [0.15, 0.2) is 0 Å². The molecule has 0 aromatic heterocycles. The lowest BCUT2D eigenvalue weighted by atomic mass is 10.1. The van der Waals surface area contributed by atoms with Crippen molar-refractivity contribution < 1.29 is 42.0 Å². The summed E-state index contributed by atoms with van der Waals surface area (Å²) in [4.78, 5) is 39.7. The number of carbonyl (C=O) groups excluding carboxylic acids is 3. The number of rotatable bonds is 45. The molecule has 0 saturated heterocycles. The van der Waals surface area contributed by atoms with E-state index in [1.54, 1.807) is 0 Å². The van der Waals surface area contributed by atoms with Crippen molar-refractivity contribution in [2.45, 2.75) is 219 Å². The zero-order chi connectivity index (χ0) is 41.9. The van der Waals surface area contributed by atoms with E-state index < -0.39 is 13.9 Å². The molecule has 3 unspecified atom stereocenters. The van der Waals surface area contributed by atoms with Gasteiger partial charge in [0.25, 0.3) is 0 Å². The molecule has 0 spiro atoms. The van der Waals surface area contributed by atoms with Crippen LogP contribution < -0.4 is 5.32 Å². The number of nitrogens with zero attached hydrogens (tertiary/aromatic N) is 1. The van der Waals surface area contributed by atoms with Gasteiger partial charge >= 0.3 is 13.8 Å². The predicted octanol–water partition coefficient (Wildman–Crippen LogP) is 12.5. The molecule has 0 aliphatic heterocycles. The lowest BCUT2D eigenvalue weighted by Crippen LogP contribution is -2.41. The summed E-state index contributed by atoms with van der Waals surface area (Å²) < 4.78 is 41.7. The van der Waals surface area contributed by atoms with Crippen LogP contribution in [0.4, 0.5) is 0 Å². The number of ether oxygens (including phenoxy) is 2. The maximum Gasteiger partial charge on any atom is 0.475 e. The molecule has 334 valence electrons. The van der Waals surface area contributed by atoms with Gasteiger partial charge in [0.05, 0.1) is 45.6 Å². The first-order chi connectivity index (χ1) is 27.8. The molecule has 11 nitrogen and oxygen atoms in total. The smallest absolute Gasteiger partial charge is 0.462 e. The van der Waals surface area contributed by atoms with E-state index in [9.17, 15) is 18.9 Å². The van der Waals surface area contributed by atoms with E-state index in [0.29, 0.717) is 25.9 Å². The van der Waals surface area contributed by atoms with E-state index in [0.717, 1.165) is 57.8 Å². The Bertz CT molecular complexity index is 1040. The van der Waals surface area contributed by atoms with Crippen LogP contribution in [0.15, 0.2) is 17.6 Å². The fourth-order valence-electron chi connectivity index (χ4n) is 6.56. The number of unbranched alkanes of at least 4 members (excludes halogenated alkanes) is 22. The Labute approximate surface area is 348 Å². The number of isocyanates is 1. The number of esters is 1. The molecule has 12 heteroatoms. The topological polar surface area (TPSA) is 139 Å². The van der Waals surface area contributed by atoms with Gasteiger partial charge in [-0.15, -0.1) is 6.58 Å². The fraction of sp³-hybridized carbons (Fsp3) is 0.889. The maximum atomic E-state index is 13.3. The lowest BCUT2D eigenvalue weighted by molar-refractivity contribution is -0.150. The van der Waals surface area contributed by atoms with Gasteiger partial charge in [-0.05, 0) is 25.7 Å². The van der Waals surface area contributed by atoms with E-state index in [4.69, 9.17) is 23.0 Å². The number of nitrogens with one attached hydrogen (secondary N) is 1. The molecule has 0 aromatic carbocycles. The van der Waals surface area contributed by atoms with Crippen molar-refractivity contribution in [2.24, 2.45) is 4.99 Å². The zero-order valence-corrected chi connectivity index (χ0v) is 37.7. The van der Waals surface area contributed by atoms with Gasteiger partial charge in [-0.25, -0.2) is 14.4 Å². The number of hydrogen-bond donors (Lipinski definition) is 1. The second-order valence-corrected chi connectivity index (χ2v) is 17.1. The molecule has 3 atom stereocenters. The average molecular weight is 829 g/mol. The van der Waals surface area contributed by atoms with Crippen molar-refractivity contribution in [3.05, 3.63) is 12.7 Å². The van der Waals surface area contributed by atoms with E-state index in [-0.39, 0.29) is 51.0 Å². The van der Waals surface area contributed by atoms with E-state index in [1.165, 1.54) is 121 Å². The van der Waals surface area contributed by atoms with Crippen LogP contribution in [-0.4, -0.2) is 69.7 Å². The molecule has 0 saturated carbocycles. The third-order valence-corrected chi connectivity index (χ3v) is 11.4. The first-order valence-corrected chi connectivity index (χ1v) is 24.5. The minimum Gasteiger partial charge on any atom is -0.462 e. The molecule has 0 fully saturated rings. The summed E-state index contributed by atoms with van der Waals surface area (Å²) in [5.74, 6) is -0.284. The highest BCUT2D eigenvalue weighted by molar-refractivity contribution is 7.48. The van der Waals surface area contributed by atoms with Gasteiger partial charge in [0.2, 0.25) is 12.0 Å². The Morgan fingerprint density at radius 1 is 0.649 bits per heavy atom. The van der Waals surface area contributed by atoms with Crippen molar-refractivity contribution in [3.8, 4) is 0 Å². The quantitative estimate of drug-likeness (QED) is 0.0159. The van der Waals surface area contributed by atoms with E-state index >= 15 is 0 Å². The molecule has 0 bridgehead atoms. The second kappa shape index (κ2) is 42.3. The van der Waals surface area contributed by atoms with Crippen LogP contribution in [0.3, 0.4) is 0 Å². The Balaban J connectivity index is 5.14. The molecule has 0 radical (unpaired) electrons. The van der Waals surface area contributed by atoms with Crippen molar-refractivity contribution >= 4 is 25.8 Å². The largest absolute Gasteiger partial charge is 0.475 e. The van der Waals surface area contributed by atoms with Crippen LogP contribution in [0.25, 0.3) is 0 Å². The summed E-state index contributed by atoms with van der Waals surface area (Å²) in [6, 6.07) is -0.635. The van der Waals surface area contributed by atoms with Crippen LogP contribution in [0, 0.1) is 0 Å². The summed E-state index contributed by atoms with van der Waals surface area (Å²) in [7, 11) is -4.06. The minimum absolute atomic E-state index is 0.0555. The standard InChI is InChI=1S/C45H85N2O9P/c1-5-9-12-15-17-19-20-22-23-26-29-32-44(49)47-42(40-55-57(51,53-36-8-4)54-38-35-46-41-48)39-52-37-34-43(31-28-25-14-11-7-3)56-45(50)33-30-27-24-21-18-16-13-10-6-2/h8,42-43H,4-7,9-40H2,1-3H3,(H,47,49). The molecule has 1 N–H and O–H groups in total. The molecule has 0 aliphatic rings. The highest BCUT2D eigenvalue weighted by Gasteiger charge is 2.28. The number of phosphoric ester groups is 1. The number of phosphoric acid groups is 1. The highest BCUT2D eigenvalue weighted by atomic mass is 31.2. The monoisotopic (exact) mass is 829 g/mol. The van der Waals surface area contributed by atoms with Gasteiger partial charge in [0.1, 0.15) is 6.10 Å². The molecule has 57 heavy (non-hydrogen) atoms. The first kappa shape index (κ1) is 55.1. The van der Waals surface area contributed by atoms with Crippen LogP contribution in [-0.2, 0) is 42.0 Å². The predicted molar refractivity (Wildman–Crippen MR) is 232 cm³/mol. The molecule has 0 aromatic rings. The van der Waals surface area contributed by atoms with E-state index in [1.807, 2.05) is 0 Å². The van der Waals surface area contributed by atoms with Gasteiger partial charge in [-0.3, -0.25) is 23.2 Å². The molecule has 1 amide bonds. The number of amides is 1. The molecular weight excluding hydrogens is 743 g/mol. The van der Waals surface area contributed by atoms with Gasteiger partial charge < -0.3 is 14.8 Å². The number of hydrogen-bond acceptors (Lipinski definition) is 10. The SMILES string of the molecule is C=CCOP(=O)(OCCN=C=O)OCC(COCCC(CCCCCCC)OC(=O)CCCCCCCCCCC)NC(=O)CCCCCCCCCCCCC. The first-order valence-electron chi connectivity index (χ1n) is 23.1. The molecule has 0 rings (SSSR count). The average Bonchev–Trinajstić information content (AvgIpc) is 3.20. The van der Waals surface area contributed by atoms with Crippen LogP contribution in [0.5, 0.6) is 0 Å². The molecule has 0 heterocycles. The third kappa shape index (κ3) is 38.1. The fourth-order valence-corrected chi connectivity index (χ4v) is 7.74. The summed E-state index contributed by atoms with van der Waals surface area (Å²) in [6.45, 7) is 10.2. The number of aliphatic imine (C=N–C) groups is 1. The van der Waals surface area contributed by atoms with E-state index in [2.05, 4.69) is 37.7 Å². The van der Waals surface area contributed by atoms with Gasteiger partial charge in [-0.1, -0.05) is 168 Å². The second-order valence-electron chi connectivity index (χ2n) is 15.4. The summed E-state index contributed by atoms with van der Waals surface area (Å²) >= 11 is 0. The number of carbonyl (C=O) groups is 2. The van der Waals surface area contributed by atoms with Crippen molar-refractivity contribution in [2.75, 3.05) is 39.6 Å². The van der Waals surface area contributed by atoms with Crippen molar-refractivity contribution in [3.63, 3.8) is 0 Å².